The number of carboxylic acid groups (broad SMARTS) is 1. The summed E-state index contributed by atoms with van der Waals surface area (Å²) in [4.78, 5) is 11.1. The molecule has 2 saturated heterocycles. The molecule has 0 radical (unpaired) electrons. The summed E-state index contributed by atoms with van der Waals surface area (Å²) in [7, 11) is 0. The first-order valence-corrected chi connectivity index (χ1v) is 4.64. The Bertz CT molecular complexity index is 231. The van der Waals surface area contributed by atoms with Crippen molar-refractivity contribution in [1.82, 2.24) is 0 Å². The van der Waals surface area contributed by atoms with Gasteiger partial charge >= 0.3 is 5.97 Å². The van der Waals surface area contributed by atoms with Gasteiger partial charge in [0.2, 0.25) is 0 Å². The fourth-order valence-corrected chi connectivity index (χ4v) is 2.56. The lowest BCUT2D eigenvalue weighted by Crippen LogP contribution is -2.40. The predicted molar refractivity (Wildman–Crippen MR) is 43.2 cm³/mol. The van der Waals surface area contributed by atoms with E-state index >= 15 is 0 Å². The third-order valence-corrected chi connectivity index (χ3v) is 3.28. The molecule has 2 bridgehead atoms. The Kier molecular flexibility index (Phi) is 2.02. The molecule has 0 aromatic heterocycles. The van der Waals surface area contributed by atoms with E-state index in [-0.39, 0.29) is 18.6 Å². The molecule has 0 spiro atoms. The molecule has 0 aromatic rings. The van der Waals surface area contributed by atoms with Crippen LogP contribution in [-0.2, 0) is 9.53 Å². The molecule has 74 valence electrons. The normalized spacial score (nSPS) is 42.5. The van der Waals surface area contributed by atoms with E-state index in [1.54, 1.807) is 0 Å². The largest absolute Gasteiger partial charge is 0.481 e. The Balaban J connectivity index is 2.20. The van der Waals surface area contributed by atoms with Gasteiger partial charge in [0.1, 0.15) is 0 Å². The van der Waals surface area contributed by atoms with Crippen molar-refractivity contribution in [2.45, 2.75) is 37.9 Å². The Hall–Kier alpha value is -0.640. The lowest BCUT2D eigenvalue weighted by Gasteiger charge is -2.29. The topological polar surface area (TPSA) is 46.5 Å². The van der Waals surface area contributed by atoms with E-state index in [1.807, 2.05) is 0 Å². The molecule has 0 saturated carbocycles. The molecule has 0 aromatic carbocycles. The van der Waals surface area contributed by atoms with Crippen LogP contribution in [0.5, 0.6) is 0 Å². The van der Waals surface area contributed by atoms with Crippen LogP contribution in [0.4, 0.5) is 4.39 Å². The molecule has 0 amide bonds. The number of hydrogen-bond donors (Lipinski definition) is 1. The number of alkyl halides is 1. The summed E-state index contributed by atoms with van der Waals surface area (Å²) < 4.78 is 17.7. The lowest BCUT2D eigenvalue weighted by molar-refractivity contribution is -0.153. The van der Waals surface area contributed by atoms with Crippen molar-refractivity contribution in [3.63, 3.8) is 0 Å². The van der Waals surface area contributed by atoms with Crippen molar-refractivity contribution < 1.29 is 19.0 Å². The van der Waals surface area contributed by atoms with E-state index in [1.165, 1.54) is 0 Å². The van der Waals surface area contributed by atoms with Crippen LogP contribution < -0.4 is 0 Å². The number of aliphatic carboxylic acids is 1. The van der Waals surface area contributed by atoms with Crippen molar-refractivity contribution >= 4 is 5.97 Å². The van der Waals surface area contributed by atoms with E-state index in [2.05, 4.69) is 0 Å². The van der Waals surface area contributed by atoms with Crippen LogP contribution in [-0.4, -0.2) is 30.0 Å². The summed E-state index contributed by atoms with van der Waals surface area (Å²) in [6.45, 7) is -0.571. The molecule has 2 fully saturated rings. The minimum atomic E-state index is -0.919. The molecule has 2 aliphatic heterocycles. The summed E-state index contributed by atoms with van der Waals surface area (Å²) in [6.07, 6.45) is 2.13. The highest BCUT2D eigenvalue weighted by Gasteiger charge is 2.56. The third kappa shape index (κ3) is 1.15. The van der Waals surface area contributed by atoms with Crippen LogP contribution >= 0.6 is 0 Å². The van der Waals surface area contributed by atoms with E-state index in [0.717, 1.165) is 12.8 Å². The standard InChI is InChI=1S/C9H13FO3/c10-4-3-9(8(11)12)5-6-1-2-7(9)13-6/h6-7H,1-5H2,(H,11,12). The van der Waals surface area contributed by atoms with Gasteiger partial charge in [-0.05, 0) is 25.7 Å². The minimum absolute atomic E-state index is 0.0626. The van der Waals surface area contributed by atoms with Gasteiger partial charge in [-0.2, -0.15) is 0 Å². The number of fused-ring (bicyclic) bond motifs is 2. The average molecular weight is 188 g/mol. The number of halogens is 1. The molecule has 3 atom stereocenters. The first-order chi connectivity index (χ1) is 6.19. The van der Waals surface area contributed by atoms with Gasteiger partial charge in [0, 0.05) is 0 Å². The van der Waals surface area contributed by atoms with Crippen LogP contribution in [0.1, 0.15) is 25.7 Å². The zero-order valence-electron chi connectivity index (χ0n) is 7.33. The zero-order valence-corrected chi connectivity index (χ0v) is 7.33. The smallest absolute Gasteiger partial charge is 0.312 e. The van der Waals surface area contributed by atoms with Crippen LogP contribution in [0.2, 0.25) is 0 Å². The maximum Gasteiger partial charge on any atom is 0.312 e. The number of carboxylic acids is 1. The number of rotatable bonds is 3. The second kappa shape index (κ2) is 2.94. The van der Waals surface area contributed by atoms with Gasteiger partial charge < -0.3 is 9.84 Å². The highest BCUT2D eigenvalue weighted by atomic mass is 19.1. The fourth-order valence-electron chi connectivity index (χ4n) is 2.56. The Morgan fingerprint density at radius 3 is 2.77 bits per heavy atom. The second-order valence-electron chi connectivity index (χ2n) is 3.93. The van der Waals surface area contributed by atoms with E-state index < -0.39 is 18.1 Å². The number of ether oxygens (including phenoxy) is 1. The summed E-state index contributed by atoms with van der Waals surface area (Å²) in [5.74, 6) is -0.891. The van der Waals surface area contributed by atoms with E-state index in [9.17, 15) is 9.18 Å². The van der Waals surface area contributed by atoms with Gasteiger partial charge in [0.15, 0.2) is 0 Å². The highest BCUT2D eigenvalue weighted by Crippen LogP contribution is 2.49. The van der Waals surface area contributed by atoms with Gasteiger partial charge in [-0.3, -0.25) is 9.18 Å². The van der Waals surface area contributed by atoms with Gasteiger partial charge in [-0.15, -0.1) is 0 Å². The van der Waals surface area contributed by atoms with Crippen molar-refractivity contribution in [2.24, 2.45) is 5.41 Å². The third-order valence-electron chi connectivity index (χ3n) is 3.28. The molecule has 4 heteroatoms. The molecule has 3 unspecified atom stereocenters. The van der Waals surface area contributed by atoms with Crippen molar-refractivity contribution in [1.29, 1.82) is 0 Å². The van der Waals surface area contributed by atoms with E-state index in [4.69, 9.17) is 9.84 Å². The Labute approximate surface area is 75.9 Å². The molecule has 0 aliphatic carbocycles. The SMILES string of the molecule is O=C(O)C1(CCF)CC2CCC1O2. The monoisotopic (exact) mass is 188 g/mol. The first kappa shape index (κ1) is 8.94. The quantitative estimate of drug-likeness (QED) is 0.727. The Morgan fingerprint density at radius 1 is 1.62 bits per heavy atom. The van der Waals surface area contributed by atoms with Crippen molar-refractivity contribution in [2.75, 3.05) is 6.67 Å². The highest BCUT2D eigenvalue weighted by molar-refractivity contribution is 5.76. The second-order valence-corrected chi connectivity index (χ2v) is 3.93. The van der Waals surface area contributed by atoms with Gasteiger partial charge in [-0.1, -0.05) is 0 Å². The minimum Gasteiger partial charge on any atom is -0.481 e. The van der Waals surface area contributed by atoms with Gasteiger partial charge in [-0.25, -0.2) is 0 Å². The summed E-state index contributed by atoms with van der Waals surface area (Å²) in [5.41, 5.74) is -0.919. The molecule has 13 heavy (non-hydrogen) atoms. The van der Waals surface area contributed by atoms with Crippen LogP contribution in [0.25, 0.3) is 0 Å². The molecule has 2 heterocycles. The summed E-state index contributed by atoms with van der Waals surface area (Å²) in [6, 6.07) is 0. The van der Waals surface area contributed by atoms with Crippen molar-refractivity contribution in [3.8, 4) is 0 Å². The van der Waals surface area contributed by atoms with Crippen LogP contribution in [0.15, 0.2) is 0 Å². The first-order valence-electron chi connectivity index (χ1n) is 4.64. The molecule has 2 aliphatic rings. The summed E-state index contributed by atoms with van der Waals surface area (Å²) in [5, 5.41) is 9.07. The maximum absolute atomic E-state index is 12.3. The molecular weight excluding hydrogens is 175 g/mol. The van der Waals surface area contributed by atoms with Crippen LogP contribution in [0.3, 0.4) is 0 Å². The van der Waals surface area contributed by atoms with Gasteiger partial charge in [0.25, 0.3) is 0 Å². The van der Waals surface area contributed by atoms with Crippen LogP contribution in [0, 0.1) is 5.41 Å². The van der Waals surface area contributed by atoms with E-state index in [0.29, 0.717) is 6.42 Å². The Morgan fingerprint density at radius 2 is 2.38 bits per heavy atom. The molecule has 2 rings (SSSR count). The predicted octanol–water partition coefficient (Wildman–Crippen LogP) is 1.37. The fraction of sp³-hybridized carbons (Fsp3) is 0.889. The number of hydrogen-bond acceptors (Lipinski definition) is 2. The molecular formula is C9H13FO3. The van der Waals surface area contributed by atoms with Crippen molar-refractivity contribution in [3.05, 3.63) is 0 Å². The lowest BCUT2D eigenvalue weighted by atomic mass is 9.72. The van der Waals surface area contributed by atoms with Gasteiger partial charge in [0.05, 0.1) is 24.3 Å². The molecule has 3 nitrogen and oxygen atoms in total. The molecule has 1 N–H and O–H groups in total. The zero-order chi connectivity index (χ0) is 9.47. The number of carbonyl (C=O) groups is 1. The maximum atomic E-state index is 12.3. The summed E-state index contributed by atoms with van der Waals surface area (Å²) >= 11 is 0. The average Bonchev–Trinajstić information content (AvgIpc) is 2.64.